The number of aromatic hydroxyl groups is 1. The van der Waals surface area contributed by atoms with E-state index in [0.29, 0.717) is 24.0 Å². The molecule has 184 valence electrons. The third-order valence-electron chi connectivity index (χ3n) is 7.55. The summed E-state index contributed by atoms with van der Waals surface area (Å²) in [5.74, 6) is -6.68. The smallest absolute Gasteiger partial charge is 0.230 e. The number of carbonyl (C=O) groups excluding carboxylic acids is 3. The Morgan fingerprint density at radius 1 is 1.24 bits per heavy atom. The summed E-state index contributed by atoms with van der Waals surface area (Å²) < 4.78 is 0. The molecule has 3 aliphatic carbocycles. The van der Waals surface area contributed by atoms with Crippen LogP contribution in [0.1, 0.15) is 48.2 Å². The Kier molecular flexibility index (Phi) is 5.77. The molecule has 4 rings (SSSR count). The second kappa shape index (κ2) is 8.09. The highest BCUT2D eigenvalue weighted by Gasteiger charge is 2.62. The van der Waals surface area contributed by atoms with Crippen molar-refractivity contribution in [3.05, 3.63) is 34.1 Å². The SMILES string of the molecule is CC(C)Cc1cc(N(C)C)c2c(c1O)C(=O)C1=C(O)[C@]3(O)C(=O)C(C(N)=O)C(O)C[C@@H]3C[C@@H]1C2. The molecule has 6 N–H and O–H groups in total. The van der Waals surface area contributed by atoms with Crippen LogP contribution >= 0.6 is 0 Å². The van der Waals surface area contributed by atoms with Gasteiger partial charge < -0.3 is 31.1 Å². The number of hydrogen-bond donors (Lipinski definition) is 5. The first-order valence-electron chi connectivity index (χ1n) is 11.6. The number of aliphatic hydroxyl groups is 3. The number of phenols is 1. The van der Waals surface area contributed by atoms with Gasteiger partial charge in [0.05, 0.1) is 11.7 Å². The van der Waals surface area contributed by atoms with Crippen LogP contribution in [0, 0.1) is 23.7 Å². The number of amides is 1. The van der Waals surface area contributed by atoms with Crippen molar-refractivity contribution in [3.63, 3.8) is 0 Å². The molecule has 9 heteroatoms. The molecule has 0 spiro atoms. The highest BCUT2D eigenvalue weighted by molar-refractivity contribution is 6.16. The molecule has 0 bridgehead atoms. The number of anilines is 1. The average Bonchev–Trinajstić information content (AvgIpc) is 2.71. The van der Waals surface area contributed by atoms with Crippen molar-refractivity contribution < 1.29 is 34.8 Å². The standard InChI is InChI=1S/C25H32N2O7/c1-10(2)5-12-8-15(27(3)4)14-7-11-6-13-9-16(28)19(24(26)33)23(32)25(13,34)22(31)17(11)21(30)18(14)20(12)29/h8,10-11,13,16,19,28-29,31,34H,5-7,9H2,1-4H3,(H2,26,33)/t11-,13+,16?,19?,25+/m1/s1. The van der Waals surface area contributed by atoms with Crippen molar-refractivity contribution in [2.24, 2.45) is 29.4 Å². The third-order valence-corrected chi connectivity index (χ3v) is 7.55. The summed E-state index contributed by atoms with van der Waals surface area (Å²) in [5.41, 5.74) is 4.76. The topological polar surface area (TPSA) is 161 Å². The maximum Gasteiger partial charge on any atom is 0.230 e. The van der Waals surface area contributed by atoms with Gasteiger partial charge in [-0.2, -0.15) is 0 Å². The molecule has 0 heterocycles. The summed E-state index contributed by atoms with van der Waals surface area (Å²) in [6.07, 6.45) is -0.513. The van der Waals surface area contributed by atoms with E-state index in [9.17, 15) is 34.8 Å². The van der Waals surface area contributed by atoms with Crippen LogP contribution in [-0.2, 0) is 22.4 Å². The summed E-state index contributed by atoms with van der Waals surface area (Å²) in [5, 5.41) is 44.0. The number of carbonyl (C=O) groups is 3. The van der Waals surface area contributed by atoms with E-state index in [1.165, 1.54) is 0 Å². The summed E-state index contributed by atoms with van der Waals surface area (Å²) in [4.78, 5) is 40.5. The number of allylic oxidation sites excluding steroid dienone is 1. The number of hydrogen-bond acceptors (Lipinski definition) is 8. The molecule has 1 amide bonds. The van der Waals surface area contributed by atoms with Crippen molar-refractivity contribution in [3.8, 4) is 5.75 Å². The predicted molar refractivity (Wildman–Crippen MR) is 124 cm³/mol. The minimum atomic E-state index is -2.49. The number of Topliss-reactive ketones (excluding diaryl/α,β-unsaturated/α-hetero) is 2. The lowest BCUT2D eigenvalue weighted by Crippen LogP contribution is -2.63. The molecule has 0 aliphatic heterocycles. The largest absolute Gasteiger partial charge is 0.508 e. The zero-order chi connectivity index (χ0) is 25.3. The van der Waals surface area contributed by atoms with Gasteiger partial charge in [-0.1, -0.05) is 13.8 Å². The van der Waals surface area contributed by atoms with Gasteiger partial charge in [-0.05, 0) is 54.7 Å². The third kappa shape index (κ3) is 3.32. The zero-order valence-electron chi connectivity index (χ0n) is 19.8. The number of aliphatic hydroxyl groups excluding tert-OH is 2. The van der Waals surface area contributed by atoms with Crippen LogP contribution in [0.15, 0.2) is 17.4 Å². The second-order valence-electron chi connectivity index (χ2n) is 10.5. The Hall–Kier alpha value is -2.91. The Bertz CT molecular complexity index is 1120. The summed E-state index contributed by atoms with van der Waals surface area (Å²) >= 11 is 0. The molecule has 34 heavy (non-hydrogen) atoms. The molecule has 3 aliphatic rings. The number of fused-ring (bicyclic) bond motifs is 3. The van der Waals surface area contributed by atoms with Gasteiger partial charge in [-0.15, -0.1) is 0 Å². The second-order valence-corrected chi connectivity index (χ2v) is 10.5. The molecule has 0 saturated heterocycles. The maximum absolute atomic E-state index is 13.7. The molecule has 1 aromatic carbocycles. The van der Waals surface area contributed by atoms with E-state index in [2.05, 4.69) is 0 Å². The fourth-order valence-corrected chi connectivity index (χ4v) is 6.02. The maximum atomic E-state index is 13.7. The van der Waals surface area contributed by atoms with Crippen LogP contribution in [0.25, 0.3) is 0 Å². The van der Waals surface area contributed by atoms with E-state index in [1.54, 1.807) is 0 Å². The number of ketones is 2. The predicted octanol–water partition coefficient (Wildman–Crippen LogP) is 1.01. The summed E-state index contributed by atoms with van der Waals surface area (Å²) in [7, 11) is 3.69. The number of rotatable bonds is 4. The van der Waals surface area contributed by atoms with Crippen LogP contribution < -0.4 is 10.6 Å². The monoisotopic (exact) mass is 472 g/mol. The Morgan fingerprint density at radius 3 is 2.44 bits per heavy atom. The van der Waals surface area contributed by atoms with Gasteiger partial charge in [0, 0.05) is 31.3 Å². The molecule has 1 fully saturated rings. The van der Waals surface area contributed by atoms with Gasteiger partial charge in [0.1, 0.15) is 17.4 Å². The van der Waals surface area contributed by atoms with Gasteiger partial charge in [0.25, 0.3) is 0 Å². The molecule has 2 unspecified atom stereocenters. The quantitative estimate of drug-likeness (QED) is 0.406. The summed E-state index contributed by atoms with van der Waals surface area (Å²) in [6.45, 7) is 3.99. The van der Waals surface area contributed by atoms with E-state index >= 15 is 0 Å². The highest BCUT2D eigenvalue weighted by atomic mass is 16.3. The fraction of sp³-hybridized carbons (Fsp3) is 0.560. The first-order chi connectivity index (χ1) is 15.8. The fourth-order valence-electron chi connectivity index (χ4n) is 6.02. The van der Waals surface area contributed by atoms with Crippen LogP contribution in [0.2, 0.25) is 0 Å². The van der Waals surface area contributed by atoms with Crippen molar-refractivity contribution >= 4 is 23.2 Å². The van der Waals surface area contributed by atoms with E-state index in [4.69, 9.17) is 5.73 Å². The van der Waals surface area contributed by atoms with E-state index in [-0.39, 0.29) is 35.6 Å². The molecule has 0 radical (unpaired) electrons. The number of benzene rings is 1. The molecule has 5 atom stereocenters. The Morgan fingerprint density at radius 2 is 1.88 bits per heavy atom. The number of phenolic OH excluding ortho intramolecular Hbond substituents is 1. The van der Waals surface area contributed by atoms with Gasteiger partial charge in [-0.3, -0.25) is 14.4 Å². The lowest BCUT2D eigenvalue weighted by atomic mass is 9.57. The minimum absolute atomic E-state index is 0.0662. The molecule has 0 aromatic heterocycles. The van der Waals surface area contributed by atoms with Crippen LogP contribution in [0.3, 0.4) is 0 Å². The van der Waals surface area contributed by atoms with E-state index in [0.717, 1.165) is 5.69 Å². The highest BCUT2D eigenvalue weighted by Crippen LogP contribution is 2.53. The lowest BCUT2D eigenvalue weighted by molar-refractivity contribution is -0.167. The van der Waals surface area contributed by atoms with E-state index in [1.807, 2.05) is 38.9 Å². The van der Waals surface area contributed by atoms with Gasteiger partial charge >= 0.3 is 0 Å². The Labute approximate surface area is 197 Å². The van der Waals surface area contributed by atoms with Crippen LogP contribution in [0.5, 0.6) is 5.75 Å². The van der Waals surface area contributed by atoms with Crippen molar-refractivity contribution in [1.82, 2.24) is 0 Å². The lowest BCUT2D eigenvalue weighted by Gasteiger charge is -2.48. The molecular formula is C25H32N2O7. The van der Waals surface area contributed by atoms with Gasteiger partial charge in [-0.25, -0.2) is 0 Å². The van der Waals surface area contributed by atoms with Gasteiger partial charge in [0.2, 0.25) is 5.91 Å². The first-order valence-corrected chi connectivity index (χ1v) is 11.6. The summed E-state index contributed by atoms with van der Waals surface area (Å²) in [6, 6.07) is 1.88. The molecule has 9 nitrogen and oxygen atoms in total. The van der Waals surface area contributed by atoms with Crippen molar-refractivity contribution in [1.29, 1.82) is 0 Å². The molecular weight excluding hydrogens is 440 g/mol. The number of nitrogens with two attached hydrogens (primary N) is 1. The van der Waals surface area contributed by atoms with E-state index < -0.39 is 52.7 Å². The average molecular weight is 473 g/mol. The van der Waals surface area contributed by atoms with Crippen molar-refractivity contribution in [2.75, 3.05) is 19.0 Å². The first kappa shape index (κ1) is 24.2. The zero-order valence-corrected chi connectivity index (χ0v) is 19.8. The molecule has 1 aromatic rings. The van der Waals surface area contributed by atoms with Crippen molar-refractivity contribution in [2.45, 2.75) is 51.2 Å². The minimum Gasteiger partial charge on any atom is -0.508 e. The van der Waals surface area contributed by atoms with Gasteiger partial charge in [0.15, 0.2) is 17.2 Å². The normalized spacial score (nSPS) is 30.7. The molecule has 1 saturated carbocycles. The number of nitrogens with zero attached hydrogens (tertiary/aromatic N) is 1. The Balaban J connectivity index is 1.91. The number of primary amides is 1. The van der Waals surface area contributed by atoms with Crippen LogP contribution in [0.4, 0.5) is 5.69 Å². The van der Waals surface area contributed by atoms with Crippen LogP contribution in [-0.4, -0.2) is 63.7 Å².